The van der Waals surface area contributed by atoms with E-state index in [0.717, 1.165) is 24.1 Å². The van der Waals surface area contributed by atoms with Crippen LogP contribution in [0.5, 0.6) is 0 Å². The number of benzene rings is 2. The molecule has 0 fully saturated rings. The van der Waals surface area contributed by atoms with E-state index >= 15 is 0 Å². The number of guanidine groups is 1. The first kappa shape index (κ1) is 23.1. The van der Waals surface area contributed by atoms with Crippen molar-refractivity contribution in [2.24, 2.45) is 4.99 Å². The Morgan fingerprint density at radius 3 is 2.31 bits per heavy atom. The highest BCUT2D eigenvalue weighted by atomic mass is 32.2. The molecular weight excluding hydrogens is 406 g/mol. The molecule has 0 saturated heterocycles. The predicted molar refractivity (Wildman–Crippen MR) is 120 cm³/mol. The molecule has 158 valence electrons. The lowest BCUT2D eigenvalue weighted by Gasteiger charge is -2.11. The summed E-state index contributed by atoms with van der Waals surface area (Å²) < 4.78 is 35.2. The topological polar surface area (TPSA) is 87.6 Å². The van der Waals surface area contributed by atoms with Crippen molar-refractivity contribution in [3.63, 3.8) is 0 Å². The maximum Gasteiger partial charge on any atom is 0.191 e. The van der Waals surface area contributed by atoms with Crippen LogP contribution in [0, 0.1) is 0 Å². The van der Waals surface area contributed by atoms with Gasteiger partial charge in [0.2, 0.25) is 0 Å². The molecule has 0 radical (unpaired) electrons. The Hall–Kier alpha value is -2.19. The predicted octanol–water partition coefficient (Wildman–Crippen LogP) is 2.14. The first-order chi connectivity index (χ1) is 13.9. The van der Waals surface area contributed by atoms with Crippen molar-refractivity contribution >= 4 is 26.6 Å². The molecule has 0 aliphatic heterocycles. The molecule has 0 aliphatic rings. The number of hydrogen-bond acceptors (Lipinski definition) is 4. The van der Waals surface area contributed by atoms with Crippen LogP contribution >= 0.6 is 0 Å². The fraction of sp³-hybridized carbons (Fsp3) is 0.381. The van der Waals surface area contributed by atoms with Crippen LogP contribution in [0.4, 0.5) is 0 Å². The molecule has 1 unspecified atom stereocenters. The van der Waals surface area contributed by atoms with E-state index in [1.165, 1.54) is 6.26 Å². The Morgan fingerprint density at radius 2 is 1.69 bits per heavy atom. The van der Waals surface area contributed by atoms with Crippen LogP contribution < -0.4 is 10.6 Å². The highest BCUT2D eigenvalue weighted by Gasteiger charge is 2.06. The van der Waals surface area contributed by atoms with E-state index in [-0.39, 0.29) is 0 Å². The van der Waals surface area contributed by atoms with Gasteiger partial charge in [-0.3, -0.25) is 9.20 Å². The fourth-order valence-electron chi connectivity index (χ4n) is 2.66. The second-order valence-electron chi connectivity index (χ2n) is 6.63. The van der Waals surface area contributed by atoms with Gasteiger partial charge in [0.25, 0.3) is 0 Å². The average Bonchev–Trinajstić information content (AvgIpc) is 2.68. The van der Waals surface area contributed by atoms with Crippen LogP contribution in [0.15, 0.2) is 64.5 Å². The summed E-state index contributed by atoms with van der Waals surface area (Å²) >= 11 is 0. The van der Waals surface area contributed by atoms with E-state index in [9.17, 15) is 12.6 Å². The largest absolute Gasteiger partial charge is 0.357 e. The lowest BCUT2D eigenvalue weighted by molar-refractivity contribution is 0.602. The van der Waals surface area contributed by atoms with Gasteiger partial charge in [0.05, 0.1) is 11.4 Å². The number of hydrogen-bond donors (Lipinski definition) is 2. The Bertz CT molecular complexity index is 912. The quantitative estimate of drug-likeness (QED) is 0.441. The molecule has 0 heterocycles. The first-order valence-electron chi connectivity index (χ1n) is 9.58. The molecule has 2 aromatic carbocycles. The summed E-state index contributed by atoms with van der Waals surface area (Å²) in [7, 11) is -4.12. The Kier molecular flexibility index (Phi) is 9.34. The smallest absolute Gasteiger partial charge is 0.191 e. The summed E-state index contributed by atoms with van der Waals surface area (Å²) in [6, 6.07) is 16.7. The minimum atomic E-state index is -3.17. The molecule has 6 nitrogen and oxygen atoms in total. The van der Waals surface area contributed by atoms with Crippen molar-refractivity contribution in [2.75, 3.05) is 31.6 Å². The van der Waals surface area contributed by atoms with E-state index in [1.807, 2.05) is 49.4 Å². The summed E-state index contributed by atoms with van der Waals surface area (Å²) in [4.78, 5) is 4.82. The van der Waals surface area contributed by atoms with Gasteiger partial charge in [-0.1, -0.05) is 42.5 Å². The lowest BCUT2D eigenvalue weighted by atomic mass is 10.1. The SMILES string of the molecule is CCNC(=NCCS(=O)Cc1ccccc1)NCCc1ccc(S(C)(=O)=O)cc1. The number of nitrogens with one attached hydrogen (secondary N) is 2. The van der Waals surface area contributed by atoms with Gasteiger partial charge in [-0.2, -0.15) is 0 Å². The molecule has 0 spiro atoms. The third kappa shape index (κ3) is 8.79. The van der Waals surface area contributed by atoms with Crippen molar-refractivity contribution < 1.29 is 12.6 Å². The van der Waals surface area contributed by atoms with Crippen LogP contribution in [0.25, 0.3) is 0 Å². The number of aliphatic imine (C=N–C) groups is 1. The van der Waals surface area contributed by atoms with Crippen LogP contribution in [0.3, 0.4) is 0 Å². The number of rotatable bonds is 10. The Labute approximate surface area is 176 Å². The maximum atomic E-state index is 12.2. The zero-order valence-electron chi connectivity index (χ0n) is 16.9. The van der Waals surface area contributed by atoms with E-state index in [0.29, 0.717) is 35.5 Å². The van der Waals surface area contributed by atoms with Crippen molar-refractivity contribution in [3.8, 4) is 0 Å². The van der Waals surface area contributed by atoms with E-state index in [2.05, 4.69) is 15.6 Å². The molecule has 29 heavy (non-hydrogen) atoms. The molecule has 0 aromatic heterocycles. The Balaban J connectivity index is 1.79. The molecule has 8 heteroatoms. The summed E-state index contributed by atoms with van der Waals surface area (Å²) in [5.41, 5.74) is 2.12. The molecule has 2 rings (SSSR count). The summed E-state index contributed by atoms with van der Waals surface area (Å²) in [6.45, 7) is 3.88. The molecule has 2 N–H and O–H groups in total. The van der Waals surface area contributed by atoms with Gasteiger partial charge in [-0.25, -0.2) is 8.42 Å². The minimum Gasteiger partial charge on any atom is -0.357 e. The van der Waals surface area contributed by atoms with Gasteiger partial charge in [-0.15, -0.1) is 0 Å². The maximum absolute atomic E-state index is 12.2. The molecule has 0 aliphatic carbocycles. The van der Waals surface area contributed by atoms with Crippen LogP contribution in [0.2, 0.25) is 0 Å². The second-order valence-corrected chi connectivity index (χ2v) is 10.2. The molecule has 0 amide bonds. The normalized spacial score (nSPS) is 13.1. The zero-order valence-corrected chi connectivity index (χ0v) is 18.6. The third-order valence-electron chi connectivity index (χ3n) is 4.16. The van der Waals surface area contributed by atoms with Gasteiger partial charge < -0.3 is 10.6 Å². The van der Waals surface area contributed by atoms with Crippen LogP contribution in [-0.2, 0) is 32.8 Å². The zero-order chi connectivity index (χ0) is 21.1. The van der Waals surface area contributed by atoms with E-state index < -0.39 is 20.6 Å². The van der Waals surface area contributed by atoms with Crippen molar-refractivity contribution in [1.82, 2.24) is 10.6 Å². The Morgan fingerprint density at radius 1 is 1.00 bits per heavy atom. The van der Waals surface area contributed by atoms with E-state index in [4.69, 9.17) is 0 Å². The van der Waals surface area contributed by atoms with Gasteiger partial charge in [-0.05, 0) is 36.6 Å². The lowest BCUT2D eigenvalue weighted by Crippen LogP contribution is -2.38. The van der Waals surface area contributed by atoms with Crippen molar-refractivity contribution in [1.29, 1.82) is 0 Å². The molecule has 0 bridgehead atoms. The van der Waals surface area contributed by atoms with Crippen LogP contribution in [-0.4, -0.2) is 50.2 Å². The summed E-state index contributed by atoms with van der Waals surface area (Å²) in [5, 5.41) is 6.44. The number of nitrogens with zero attached hydrogens (tertiary/aromatic N) is 1. The van der Waals surface area contributed by atoms with Gasteiger partial charge in [0, 0.05) is 41.7 Å². The summed E-state index contributed by atoms with van der Waals surface area (Å²) in [6.07, 6.45) is 1.95. The molecule has 1 atom stereocenters. The summed E-state index contributed by atoms with van der Waals surface area (Å²) in [5.74, 6) is 1.75. The second kappa shape index (κ2) is 11.7. The monoisotopic (exact) mass is 435 g/mol. The van der Waals surface area contributed by atoms with Gasteiger partial charge >= 0.3 is 0 Å². The van der Waals surface area contributed by atoms with Crippen molar-refractivity contribution in [3.05, 3.63) is 65.7 Å². The average molecular weight is 436 g/mol. The molecular formula is C21H29N3O3S2. The first-order valence-corrected chi connectivity index (χ1v) is 13.0. The molecule has 0 saturated carbocycles. The fourth-order valence-corrected chi connectivity index (χ4v) is 4.30. The van der Waals surface area contributed by atoms with E-state index in [1.54, 1.807) is 12.1 Å². The number of sulfone groups is 1. The highest BCUT2D eigenvalue weighted by molar-refractivity contribution is 7.90. The van der Waals surface area contributed by atoms with Gasteiger partial charge in [0.1, 0.15) is 0 Å². The van der Waals surface area contributed by atoms with Gasteiger partial charge in [0.15, 0.2) is 15.8 Å². The third-order valence-corrected chi connectivity index (χ3v) is 6.58. The molecule has 2 aromatic rings. The highest BCUT2D eigenvalue weighted by Crippen LogP contribution is 2.10. The minimum absolute atomic E-state index is 0.326. The van der Waals surface area contributed by atoms with Crippen molar-refractivity contribution in [2.45, 2.75) is 24.0 Å². The standard InChI is InChI=1S/C21H29N3O3S2/c1-3-22-21(24-15-16-28(25)17-19-7-5-4-6-8-19)23-14-13-18-9-11-20(12-10-18)29(2,26)27/h4-12H,3,13-17H2,1-2H3,(H2,22,23,24). The van der Waals surface area contributed by atoms with Crippen LogP contribution in [0.1, 0.15) is 18.1 Å².